The second-order valence-electron chi connectivity index (χ2n) is 7.23. The van der Waals surface area contributed by atoms with Gasteiger partial charge in [0.25, 0.3) is 5.91 Å². The number of aryl methyl sites for hydroxylation is 1. The third kappa shape index (κ3) is 4.23. The largest absolute Gasteiger partial charge is 0.596 e. The molecule has 3 rings (SSSR count). The Bertz CT molecular complexity index is 1270. The SMILES string of the molecule is CC(=N)/C(=C(/C)[OH2+])c1ccc2c(Nc3ccc(C)c(C(=O)O)c3)c(C(N)=O)cnc2c1. The van der Waals surface area contributed by atoms with E-state index in [1.807, 2.05) is 0 Å². The maximum absolute atomic E-state index is 12.0. The van der Waals surface area contributed by atoms with Crippen LogP contribution >= 0.6 is 0 Å². The fraction of sp³-hybridized carbons (Fsp3) is 0.130. The molecule has 0 saturated heterocycles. The van der Waals surface area contributed by atoms with Crippen LogP contribution in [0.5, 0.6) is 0 Å². The summed E-state index contributed by atoms with van der Waals surface area (Å²) in [5, 5.41) is 29.0. The van der Waals surface area contributed by atoms with Gasteiger partial charge in [-0.3, -0.25) is 9.78 Å². The molecule has 2 aromatic carbocycles. The molecule has 0 unspecified atom stereocenters. The quantitative estimate of drug-likeness (QED) is 0.273. The fourth-order valence-corrected chi connectivity index (χ4v) is 3.46. The van der Waals surface area contributed by atoms with Crippen molar-refractivity contribution in [3.05, 3.63) is 70.6 Å². The molecule has 0 fully saturated rings. The van der Waals surface area contributed by atoms with E-state index in [9.17, 15) is 14.7 Å². The maximum atomic E-state index is 12.0. The van der Waals surface area contributed by atoms with Crippen molar-refractivity contribution >= 4 is 45.4 Å². The molecule has 158 valence electrons. The lowest BCUT2D eigenvalue weighted by molar-refractivity contribution is 0.0696. The van der Waals surface area contributed by atoms with Crippen LogP contribution in [-0.4, -0.2) is 32.8 Å². The summed E-state index contributed by atoms with van der Waals surface area (Å²) in [7, 11) is 0. The van der Waals surface area contributed by atoms with Gasteiger partial charge in [-0.05, 0) is 43.2 Å². The molecule has 0 aliphatic carbocycles. The number of fused-ring (bicyclic) bond motifs is 1. The van der Waals surface area contributed by atoms with Crippen LogP contribution in [0.1, 0.15) is 45.7 Å². The molecule has 1 heterocycles. The summed E-state index contributed by atoms with van der Waals surface area (Å²) in [6.45, 7) is 4.94. The standard InChI is InChI=1S/C23H22N4O4/c1-11-4-6-15(9-17(11)23(30)31)27-21-16-7-5-14(20(12(2)24)13(3)28)8-19(16)26-10-18(21)22(25)29/h4-10,24,28H,1-3H3,(H2,25,29)(H,26,27)(H,30,31)/p+1/b20-13+,24-12?. The van der Waals surface area contributed by atoms with Crippen molar-refractivity contribution in [2.75, 3.05) is 5.32 Å². The Kier molecular flexibility index (Phi) is 5.74. The molecular weight excluding hydrogens is 396 g/mol. The summed E-state index contributed by atoms with van der Waals surface area (Å²) in [6.07, 6.45) is 1.36. The first-order valence-electron chi connectivity index (χ1n) is 9.42. The summed E-state index contributed by atoms with van der Waals surface area (Å²) in [5.41, 5.74) is 9.33. The number of carboxylic acid groups (broad SMARTS) is 1. The van der Waals surface area contributed by atoms with Gasteiger partial charge in [-0.1, -0.05) is 18.2 Å². The highest BCUT2D eigenvalue weighted by Gasteiger charge is 2.18. The van der Waals surface area contributed by atoms with Crippen LogP contribution in [-0.2, 0) is 0 Å². The Balaban J connectivity index is 2.20. The monoisotopic (exact) mass is 419 g/mol. The highest BCUT2D eigenvalue weighted by molar-refractivity contribution is 6.22. The van der Waals surface area contributed by atoms with Gasteiger partial charge in [-0.15, -0.1) is 0 Å². The Morgan fingerprint density at radius 2 is 1.84 bits per heavy atom. The van der Waals surface area contributed by atoms with Crippen LogP contribution < -0.4 is 11.1 Å². The average Bonchev–Trinajstić information content (AvgIpc) is 2.68. The van der Waals surface area contributed by atoms with Gasteiger partial charge >= 0.3 is 5.97 Å². The number of allylic oxidation sites excluding steroid dienone is 2. The van der Waals surface area contributed by atoms with Crippen LogP contribution in [0.25, 0.3) is 16.5 Å². The van der Waals surface area contributed by atoms with Crippen molar-refractivity contribution in [3.8, 4) is 0 Å². The second-order valence-corrected chi connectivity index (χ2v) is 7.23. The van der Waals surface area contributed by atoms with Gasteiger partial charge < -0.3 is 26.7 Å². The first-order chi connectivity index (χ1) is 14.6. The lowest BCUT2D eigenvalue weighted by Crippen LogP contribution is -2.14. The first kappa shape index (κ1) is 21.5. The van der Waals surface area contributed by atoms with Crippen LogP contribution in [0.2, 0.25) is 0 Å². The highest BCUT2D eigenvalue weighted by atomic mass is 16.4. The zero-order chi connectivity index (χ0) is 22.9. The van der Waals surface area contributed by atoms with E-state index >= 15 is 0 Å². The molecule has 3 aromatic rings. The summed E-state index contributed by atoms with van der Waals surface area (Å²) in [5.74, 6) is -1.46. The van der Waals surface area contributed by atoms with Crippen LogP contribution in [0.4, 0.5) is 11.4 Å². The summed E-state index contributed by atoms with van der Waals surface area (Å²) < 4.78 is 0. The molecule has 0 bridgehead atoms. The molecule has 31 heavy (non-hydrogen) atoms. The Labute approximate surface area is 178 Å². The number of amides is 1. The zero-order valence-corrected chi connectivity index (χ0v) is 17.3. The maximum Gasteiger partial charge on any atom is 0.336 e. The molecule has 7 N–H and O–H groups in total. The van der Waals surface area contributed by atoms with Gasteiger partial charge in [-0.2, -0.15) is 0 Å². The molecule has 1 aromatic heterocycles. The molecule has 8 heteroatoms. The topological polar surface area (TPSA) is 152 Å². The zero-order valence-electron chi connectivity index (χ0n) is 17.3. The van der Waals surface area contributed by atoms with Crippen LogP contribution in [0.15, 0.2) is 48.4 Å². The van der Waals surface area contributed by atoms with Gasteiger partial charge in [0.05, 0.1) is 27.9 Å². The molecule has 0 atom stereocenters. The number of primary amides is 1. The predicted octanol–water partition coefficient (Wildman–Crippen LogP) is 3.58. The van der Waals surface area contributed by atoms with E-state index in [-0.39, 0.29) is 22.6 Å². The van der Waals surface area contributed by atoms with Crippen molar-refractivity contribution in [1.29, 1.82) is 5.41 Å². The van der Waals surface area contributed by atoms with Crippen molar-refractivity contribution in [1.82, 2.24) is 4.98 Å². The molecule has 0 aliphatic rings. The number of benzene rings is 2. The second kappa shape index (κ2) is 8.27. The number of hydrogen-bond acceptors (Lipinski definition) is 5. The summed E-state index contributed by atoms with van der Waals surface area (Å²) in [6, 6.07) is 10.1. The van der Waals surface area contributed by atoms with Gasteiger partial charge in [0, 0.05) is 29.9 Å². The number of carbonyl (C=O) groups is 2. The number of aromatic nitrogens is 1. The fourth-order valence-electron chi connectivity index (χ4n) is 3.46. The molecule has 0 spiro atoms. The van der Waals surface area contributed by atoms with E-state index < -0.39 is 11.9 Å². The third-order valence-electron chi connectivity index (χ3n) is 4.91. The highest BCUT2D eigenvalue weighted by Crippen LogP contribution is 2.32. The van der Waals surface area contributed by atoms with E-state index in [1.54, 1.807) is 51.1 Å². The van der Waals surface area contributed by atoms with E-state index in [0.29, 0.717) is 39.0 Å². The number of anilines is 2. The third-order valence-corrected chi connectivity index (χ3v) is 4.91. The van der Waals surface area contributed by atoms with E-state index in [1.165, 1.54) is 12.3 Å². The summed E-state index contributed by atoms with van der Waals surface area (Å²) in [4.78, 5) is 27.8. The molecular formula is C23H23N4O4+. The van der Waals surface area contributed by atoms with Gasteiger partial charge in [0.15, 0.2) is 0 Å². The van der Waals surface area contributed by atoms with Crippen LogP contribution in [0.3, 0.4) is 0 Å². The van der Waals surface area contributed by atoms with Gasteiger partial charge in [0.2, 0.25) is 5.76 Å². The van der Waals surface area contributed by atoms with Crippen molar-refractivity contribution in [3.63, 3.8) is 0 Å². The van der Waals surface area contributed by atoms with Gasteiger partial charge in [-0.25, -0.2) is 4.79 Å². The van der Waals surface area contributed by atoms with Crippen molar-refractivity contribution < 1.29 is 19.8 Å². The number of rotatable bonds is 6. The van der Waals surface area contributed by atoms with E-state index in [4.69, 9.17) is 16.2 Å². The van der Waals surface area contributed by atoms with E-state index in [0.717, 1.165) is 0 Å². The Hall–Kier alpha value is -4.20. The minimum absolute atomic E-state index is 0.147. The minimum Gasteiger partial charge on any atom is -0.596 e. The molecule has 0 radical (unpaired) electrons. The smallest absolute Gasteiger partial charge is 0.336 e. The average molecular weight is 419 g/mol. The first-order valence-corrected chi connectivity index (χ1v) is 9.42. The Morgan fingerprint density at radius 3 is 2.42 bits per heavy atom. The number of nitrogens with zero attached hydrogens (tertiary/aromatic N) is 1. The van der Waals surface area contributed by atoms with Crippen molar-refractivity contribution in [2.45, 2.75) is 20.8 Å². The van der Waals surface area contributed by atoms with Crippen molar-refractivity contribution in [2.24, 2.45) is 5.73 Å². The van der Waals surface area contributed by atoms with E-state index in [2.05, 4.69) is 10.3 Å². The number of nitrogens with two attached hydrogens (primary N) is 1. The number of carboxylic acids is 1. The number of hydrogen-bond donors (Lipinski definition) is 4. The predicted molar refractivity (Wildman–Crippen MR) is 121 cm³/mol. The molecule has 0 aliphatic heterocycles. The molecule has 8 nitrogen and oxygen atoms in total. The normalized spacial score (nSPS) is 11.7. The molecule has 0 saturated carbocycles. The summed E-state index contributed by atoms with van der Waals surface area (Å²) >= 11 is 0. The minimum atomic E-state index is -1.05. The lowest BCUT2D eigenvalue weighted by Gasteiger charge is -2.15. The van der Waals surface area contributed by atoms with Gasteiger partial charge in [0.1, 0.15) is 0 Å². The lowest BCUT2D eigenvalue weighted by atomic mass is 9.98. The number of carbonyl (C=O) groups excluding carboxylic acids is 1. The molecule has 1 amide bonds. The number of pyridine rings is 1. The Morgan fingerprint density at radius 1 is 1.13 bits per heavy atom. The van der Waals surface area contributed by atoms with Crippen LogP contribution in [0, 0.1) is 12.3 Å². The number of aromatic carboxylic acids is 1. The number of nitrogens with one attached hydrogen (secondary N) is 2.